The van der Waals surface area contributed by atoms with Gasteiger partial charge in [0.25, 0.3) is 0 Å². The van der Waals surface area contributed by atoms with Crippen LogP contribution < -0.4 is 5.32 Å². The van der Waals surface area contributed by atoms with Crippen molar-refractivity contribution in [2.24, 2.45) is 17.3 Å². The second-order valence-electron chi connectivity index (χ2n) is 5.76. The van der Waals surface area contributed by atoms with Crippen LogP contribution in [0.25, 0.3) is 0 Å². The summed E-state index contributed by atoms with van der Waals surface area (Å²) < 4.78 is 0. The van der Waals surface area contributed by atoms with E-state index in [1.54, 1.807) is 0 Å². The lowest BCUT2D eigenvalue weighted by molar-refractivity contribution is -0.151. The zero-order valence-electron chi connectivity index (χ0n) is 10.4. The third-order valence-electron chi connectivity index (χ3n) is 4.23. The second-order valence-corrected chi connectivity index (χ2v) is 5.76. The van der Waals surface area contributed by atoms with Crippen molar-refractivity contribution in [1.29, 1.82) is 0 Å². The van der Waals surface area contributed by atoms with Gasteiger partial charge in [-0.2, -0.15) is 0 Å². The standard InChI is InChI=1S/C13H21NO3/c1-9-4-6-13(7-5-9,12(16)17)8-14-11(15)10-2-3-10/h9-10H,2-8H2,1H3,(H,14,15)(H,16,17). The summed E-state index contributed by atoms with van der Waals surface area (Å²) >= 11 is 0. The van der Waals surface area contributed by atoms with Gasteiger partial charge in [-0.1, -0.05) is 6.92 Å². The first-order chi connectivity index (χ1) is 8.03. The Labute approximate surface area is 102 Å². The molecule has 0 bridgehead atoms. The van der Waals surface area contributed by atoms with Crippen LogP contribution in [0, 0.1) is 17.3 Å². The van der Waals surface area contributed by atoms with E-state index in [9.17, 15) is 14.7 Å². The van der Waals surface area contributed by atoms with Crippen LogP contribution in [0.3, 0.4) is 0 Å². The quantitative estimate of drug-likeness (QED) is 0.786. The minimum atomic E-state index is -0.750. The Morgan fingerprint density at radius 3 is 2.29 bits per heavy atom. The molecule has 0 saturated heterocycles. The smallest absolute Gasteiger partial charge is 0.311 e. The predicted octanol–water partition coefficient (Wildman–Crippen LogP) is 1.79. The van der Waals surface area contributed by atoms with Crippen LogP contribution in [0.1, 0.15) is 45.4 Å². The number of carboxylic acids is 1. The first-order valence-corrected chi connectivity index (χ1v) is 6.55. The number of carbonyl (C=O) groups is 2. The van der Waals surface area contributed by atoms with Crippen molar-refractivity contribution < 1.29 is 14.7 Å². The van der Waals surface area contributed by atoms with Crippen LogP contribution in [-0.2, 0) is 9.59 Å². The molecule has 2 saturated carbocycles. The molecule has 2 rings (SSSR count). The highest BCUT2D eigenvalue weighted by Gasteiger charge is 2.42. The van der Waals surface area contributed by atoms with Crippen molar-refractivity contribution >= 4 is 11.9 Å². The molecular formula is C13H21NO3. The van der Waals surface area contributed by atoms with Crippen LogP contribution in [-0.4, -0.2) is 23.5 Å². The highest BCUT2D eigenvalue weighted by molar-refractivity contribution is 5.82. The third-order valence-corrected chi connectivity index (χ3v) is 4.23. The van der Waals surface area contributed by atoms with Gasteiger partial charge < -0.3 is 10.4 Å². The molecule has 96 valence electrons. The van der Waals surface area contributed by atoms with Crippen LogP contribution >= 0.6 is 0 Å². The molecule has 17 heavy (non-hydrogen) atoms. The Morgan fingerprint density at radius 2 is 1.82 bits per heavy atom. The number of carboxylic acid groups (broad SMARTS) is 1. The summed E-state index contributed by atoms with van der Waals surface area (Å²) in [7, 11) is 0. The SMILES string of the molecule is CC1CCC(CNC(=O)C2CC2)(C(=O)O)CC1. The zero-order valence-corrected chi connectivity index (χ0v) is 10.4. The molecule has 0 heterocycles. The van der Waals surface area contributed by atoms with Crippen molar-refractivity contribution in [3.8, 4) is 0 Å². The van der Waals surface area contributed by atoms with Gasteiger partial charge in [-0.05, 0) is 44.4 Å². The fourth-order valence-electron chi connectivity index (χ4n) is 2.53. The summed E-state index contributed by atoms with van der Waals surface area (Å²) in [4.78, 5) is 23.0. The number of aliphatic carboxylic acids is 1. The van der Waals surface area contributed by atoms with E-state index in [-0.39, 0.29) is 11.8 Å². The van der Waals surface area contributed by atoms with Crippen LogP contribution in [0.2, 0.25) is 0 Å². The summed E-state index contributed by atoms with van der Waals surface area (Å²) in [5.41, 5.74) is -0.711. The van der Waals surface area contributed by atoms with E-state index >= 15 is 0 Å². The molecule has 0 unspecified atom stereocenters. The van der Waals surface area contributed by atoms with E-state index in [0.29, 0.717) is 25.3 Å². The first-order valence-electron chi connectivity index (χ1n) is 6.55. The van der Waals surface area contributed by atoms with Crippen LogP contribution in [0.15, 0.2) is 0 Å². The fraction of sp³-hybridized carbons (Fsp3) is 0.846. The normalized spacial score (nSPS) is 33.1. The molecule has 0 radical (unpaired) electrons. The summed E-state index contributed by atoms with van der Waals surface area (Å²) in [5.74, 6) is 0.0645. The van der Waals surface area contributed by atoms with E-state index in [4.69, 9.17) is 0 Å². The molecule has 2 aliphatic carbocycles. The van der Waals surface area contributed by atoms with E-state index in [1.807, 2.05) is 0 Å². The van der Waals surface area contributed by atoms with Crippen molar-refractivity contribution in [2.45, 2.75) is 45.4 Å². The summed E-state index contributed by atoms with van der Waals surface area (Å²) in [6.07, 6.45) is 5.20. The maximum absolute atomic E-state index is 11.6. The van der Waals surface area contributed by atoms with Crippen molar-refractivity contribution in [3.63, 3.8) is 0 Å². The number of amides is 1. The highest BCUT2D eigenvalue weighted by atomic mass is 16.4. The Hall–Kier alpha value is -1.06. The molecule has 0 aromatic carbocycles. The summed E-state index contributed by atoms with van der Waals surface area (Å²) in [5, 5.41) is 12.2. The summed E-state index contributed by atoms with van der Waals surface area (Å²) in [6.45, 7) is 2.47. The van der Waals surface area contributed by atoms with E-state index in [1.165, 1.54) is 0 Å². The molecule has 2 fully saturated rings. The van der Waals surface area contributed by atoms with Crippen LogP contribution in [0.5, 0.6) is 0 Å². The largest absolute Gasteiger partial charge is 0.481 e. The topological polar surface area (TPSA) is 66.4 Å². The molecule has 4 heteroatoms. The molecule has 0 atom stereocenters. The van der Waals surface area contributed by atoms with E-state index in [0.717, 1.165) is 25.7 Å². The third kappa shape index (κ3) is 2.79. The minimum Gasteiger partial charge on any atom is -0.481 e. The predicted molar refractivity (Wildman–Crippen MR) is 63.4 cm³/mol. The Morgan fingerprint density at radius 1 is 1.24 bits per heavy atom. The molecule has 4 nitrogen and oxygen atoms in total. The average Bonchev–Trinajstić information content (AvgIpc) is 3.12. The number of hydrogen-bond donors (Lipinski definition) is 2. The van der Waals surface area contributed by atoms with Gasteiger partial charge in [-0.25, -0.2) is 0 Å². The Kier molecular flexibility index (Phi) is 3.40. The molecule has 2 aliphatic rings. The maximum atomic E-state index is 11.6. The molecule has 0 spiro atoms. The van der Waals surface area contributed by atoms with Gasteiger partial charge in [-0.3, -0.25) is 9.59 Å². The van der Waals surface area contributed by atoms with Gasteiger partial charge in [-0.15, -0.1) is 0 Å². The van der Waals surface area contributed by atoms with Crippen molar-refractivity contribution in [1.82, 2.24) is 5.32 Å². The molecule has 1 amide bonds. The molecule has 0 aromatic heterocycles. The van der Waals surface area contributed by atoms with Gasteiger partial charge in [0, 0.05) is 12.5 Å². The Balaban J connectivity index is 1.92. The van der Waals surface area contributed by atoms with Gasteiger partial charge in [0.15, 0.2) is 0 Å². The molecular weight excluding hydrogens is 218 g/mol. The molecule has 0 aliphatic heterocycles. The van der Waals surface area contributed by atoms with Crippen molar-refractivity contribution in [3.05, 3.63) is 0 Å². The monoisotopic (exact) mass is 239 g/mol. The van der Waals surface area contributed by atoms with Gasteiger partial charge in [0.05, 0.1) is 5.41 Å². The first kappa shape index (κ1) is 12.4. The molecule has 0 aromatic rings. The number of nitrogens with one attached hydrogen (secondary N) is 1. The van der Waals surface area contributed by atoms with Gasteiger partial charge in [0.1, 0.15) is 0 Å². The zero-order chi connectivity index (χ0) is 12.5. The molecule has 2 N–H and O–H groups in total. The number of carbonyl (C=O) groups excluding carboxylic acids is 1. The maximum Gasteiger partial charge on any atom is 0.311 e. The number of hydrogen-bond acceptors (Lipinski definition) is 2. The highest BCUT2D eigenvalue weighted by Crippen LogP contribution is 2.39. The lowest BCUT2D eigenvalue weighted by Crippen LogP contribution is -2.45. The average molecular weight is 239 g/mol. The van der Waals surface area contributed by atoms with E-state index < -0.39 is 11.4 Å². The lowest BCUT2D eigenvalue weighted by atomic mass is 9.71. The minimum absolute atomic E-state index is 0.0456. The summed E-state index contributed by atoms with van der Waals surface area (Å²) in [6, 6.07) is 0. The van der Waals surface area contributed by atoms with Gasteiger partial charge >= 0.3 is 5.97 Å². The van der Waals surface area contributed by atoms with Gasteiger partial charge in [0.2, 0.25) is 5.91 Å². The van der Waals surface area contributed by atoms with E-state index in [2.05, 4.69) is 12.2 Å². The van der Waals surface area contributed by atoms with Crippen LogP contribution in [0.4, 0.5) is 0 Å². The second kappa shape index (κ2) is 4.67. The Bertz CT molecular complexity index is 315. The fourth-order valence-corrected chi connectivity index (χ4v) is 2.53. The lowest BCUT2D eigenvalue weighted by Gasteiger charge is -2.35. The van der Waals surface area contributed by atoms with Crippen molar-refractivity contribution in [2.75, 3.05) is 6.54 Å². The number of rotatable bonds is 4.